The van der Waals surface area contributed by atoms with Crippen LogP contribution in [0.3, 0.4) is 0 Å². The van der Waals surface area contributed by atoms with Crippen molar-refractivity contribution in [2.45, 2.75) is 18.3 Å². The van der Waals surface area contributed by atoms with Crippen LogP contribution in [0.15, 0.2) is 36.4 Å². The number of hydrogen-bond donors (Lipinski definition) is 1. The van der Waals surface area contributed by atoms with Crippen molar-refractivity contribution < 1.29 is 24.1 Å². The summed E-state index contributed by atoms with van der Waals surface area (Å²) < 4.78 is 22.8. The maximum atomic E-state index is 9.65. The molecule has 0 spiro atoms. The van der Waals surface area contributed by atoms with E-state index in [0.717, 1.165) is 22.6 Å². The van der Waals surface area contributed by atoms with Crippen molar-refractivity contribution in [3.05, 3.63) is 47.5 Å². The first-order valence-corrected chi connectivity index (χ1v) is 7.08. The Morgan fingerprint density at radius 1 is 0.955 bits per heavy atom. The SMILES string of the molecule is COc1ccc2c(c1)O[C@H]1c3ccc(O)cc3OC(OC)[C@@H]21. The number of fused-ring (bicyclic) bond motifs is 5. The summed E-state index contributed by atoms with van der Waals surface area (Å²) in [6.45, 7) is 0. The van der Waals surface area contributed by atoms with Crippen LogP contribution in [0.4, 0.5) is 0 Å². The zero-order chi connectivity index (χ0) is 15.3. The van der Waals surface area contributed by atoms with Crippen molar-refractivity contribution in [1.82, 2.24) is 0 Å². The molecule has 2 aromatic rings. The van der Waals surface area contributed by atoms with Crippen LogP contribution in [-0.4, -0.2) is 25.6 Å². The Morgan fingerprint density at radius 3 is 2.50 bits per heavy atom. The lowest BCUT2D eigenvalue weighted by molar-refractivity contribution is -0.0994. The van der Waals surface area contributed by atoms with Crippen LogP contribution in [0.1, 0.15) is 23.1 Å². The Balaban J connectivity index is 1.83. The van der Waals surface area contributed by atoms with Crippen molar-refractivity contribution in [3.8, 4) is 23.0 Å². The molecule has 0 aromatic heterocycles. The minimum Gasteiger partial charge on any atom is -0.508 e. The number of hydrogen-bond acceptors (Lipinski definition) is 5. The summed E-state index contributed by atoms with van der Waals surface area (Å²) in [4.78, 5) is 0. The monoisotopic (exact) mass is 300 g/mol. The maximum absolute atomic E-state index is 9.65. The van der Waals surface area contributed by atoms with Crippen LogP contribution in [0.25, 0.3) is 0 Å². The second-order valence-corrected chi connectivity index (χ2v) is 5.41. The van der Waals surface area contributed by atoms with Crippen LogP contribution in [0.2, 0.25) is 0 Å². The lowest BCUT2D eigenvalue weighted by Crippen LogP contribution is -2.34. The molecule has 2 aliphatic heterocycles. The van der Waals surface area contributed by atoms with Gasteiger partial charge in [0.2, 0.25) is 6.29 Å². The summed E-state index contributed by atoms with van der Waals surface area (Å²) in [5.41, 5.74) is 1.95. The third-order valence-corrected chi connectivity index (χ3v) is 4.23. The predicted octanol–water partition coefficient (Wildman–Crippen LogP) is 2.98. The average molecular weight is 300 g/mol. The van der Waals surface area contributed by atoms with Gasteiger partial charge >= 0.3 is 0 Å². The molecule has 0 saturated carbocycles. The molecule has 0 saturated heterocycles. The van der Waals surface area contributed by atoms with Gasteiger partial charge in [-0.3, -0.25) is 0 Å². The number of rotatable bonds is 2. The summed E-state index contributed by atoms with van der Waals surface area (Å²) in [5, 5.41) is 9.65. The van der Waals surface area contributed by atoms with E-state index in [9.17, 15) is 5.11 Å². The van der Waals surface area contributed by atoms with E-state index < -0.39 is 6.29 Å². The van der Waals surface area contributed by atoms with Gasteiger partial charge in [0.1, 0.15) is 29.1 Å². The molecule has 22 heavy (non-hydrogen) atoms. The highest BCUT2D eigenvalue weighted by Gasteiger charge is 2.47. The van der Waals surface area contributed by atoms with Crippen molar-refractivity contribution in [3.63, 3.8) is 0 Å². The van der Waals surface area contributed by atoms with E-state index in [1.807, 2.05) is 24.3 Å². The molecule has 0 bridgehead atoms. The van der Waals surface area contributed by atoms with Crippen LogP contribution in [-0.2, 0) is 4.74 Å². The second-order valence-electron chi connectivity index (χ2n) is 5.41. The zero-order valence-electron chi connectivity index (χ0n) is 12.3. The standard InChI is InChI=1S/C17H16O5/c1-19-10-4-6-11-14(8-10)21-16-12-5-3-9(18)7-13(12)22-17(20-2)15(11)16/h3-8,15-18H,1-2H3/t15-,16-,17?/m0/s1. The van der Waals surface area contributed by atoms with Gasteiger partial charge in [0.05, 0.1) is 13.0 Å². The molecule has 0 radical (unpaired) electrons. The first-order valence-electron chi connectivity index (χ1n) is 7.08. The third kappa shape index (κ3) is 1.82. The topological polar surface area (TPSA) is 57.2 Å². The molecule has 5 heteroatoms. The van der Waals surface area contributed by atoms with E-state index in [4.69, 9.17) is 18.9 Å². The lowest BCUT2D eigenvalue weighted by atomic mass is 9.88. The largest absolute Gasteiger partial charge is 0.508 e. The van der Waals surface area contributed by atoms with Crippen molar-refractivity contribution >= 4 is 0 Å². The smallest absolute Gasteiger partial charge is 0.210 e. The summed E-state index contributed by atoms with van der Waals surface area (Å²) in [6, 6.07) is 10.8. The number of methoxy groups -OCH3 is 2. The lowest BCUT2D eigenvalue weighted by Gasteiger charge is -2.33. The molecule has 114 valence electrons. The normalized spacial score (nSPS) is 24.5. The Kier molecular flexibility index (Phi) is 2.90. The molecular formula is C17H16O5. The van der Waals surface area contributed by atoms with Gasteiger partial charge in [0, 0.05) is 30.4 Å². The summed E-state index contributed by atoms with van der Waals surface area (Å²) >= 11 is 0. The fraction of sp³-hybridized carbons (Fsp3) is 0.294. The summed E-state index contributed by atoms with van der Waals surface area (Å²) in [7, 11) is 3.24. The molecule has 5 nitrogen and oxygen atoms in total. The van der Waals surface area contributed by atoms with Crippen LogP contribution >= 0.6 is 0 Å². The Bertz CT molecular complexity index is 727. The second kappa shape index (κ2) is 4.81. The molecule has 1 unspecified atom stereocenters. The molecule has 2 heterocycles. The molecular weight excluding hydrogens is 284 g/mol. The number of aromatic hydroxyl groups is 1. The Labute approximate surface area is 128 Å². The van der Waals surface area contributed by atoms with Crippen LogP contribution in [0.5, 0.6) is 23.0 Å². The Hall–Kier alpha value is -2.40. The molecule has 2 aromatic carbocycles. The van der Waals surface area contributed by atoms with E-state index in [1.54, 1.807) is 26.4 Å². The number of benzene rings is 2. The molecule has 0 fully saturated rings. The van der Waals surface area contributed by atoms with E-state index in [2.05, 4.69) is 0 Å². The number of phenolic OH excluding ortho intramolecular Hbond substituents is 1. The summed E-state index contributed by atoms with van der Waals surface area (Å²) in [5.74, 6) is 2.22. The average Bonchev–Trinajstić information content (AvgIpc) is 2.92. The fourth-order valence-corrected chi connectivity index (χ4v) is 3.19. The van der Waals surface area contributed by atoms with E-state index in [-0.39, 0.29) is 17.8 Å². The van der Waals surface area contributed by atoms with Gasteiger partial charge in [-0.1, -0.05) is 6.07 Å². The maximum Gasteiger partial charge on any atom is 0.210 e. The van der Waals surface area contributed by atoms with Gasteiger partial charge in [-0.05, 0) is 18.2 Å². The van der Waals surface area contributed by atoms with Crippen LogP contribution < -0.4 is 14.2 Å². The molecule has 2 aliphatic rings. The summed E-state index contributed by atoms with van der Waals surface area (Å²) in [6.07, 6.45) is -0.662. The molecule has 4 rings (SSSR count). The highest BCUT2D eigenvalue weighted by atomic mass is 16.7. The Morgan fingerprint density at radius 2 is 1.73 bits per heavy atom. The minimum absolute atomic E-state index is 0.0528. The van der Waals surface area contributed by atoms with Crippen molar-refractivity contribution in [1.29, 1.82) is 0 Å². The minimum atomic E-state index is -0.464. The van der Waals surface area contributed by atoms with Gasteiger partial charge in [-0.15, -0.1) is 0 Å². The zero-order valence-corrected chi connectivity index (χ0v) is 12.3. The van der Waals surface area contributed by atoms with Crippen molar-refractivity contribution in [2.75, 3.05) is 14.2 Å². The molecule has 0 amide bonds. The highest BCUT2D eigenvalue weighted by molar-refractivity contribution is 5.52. The molecule has 0 aliphatic carbocycles. The highest BCUT2D eigenvalue weighted by Crippen LogP contribution is 2.54. The van der Waals surface area contributed by atoms with Gasteiger partial charge in [-0.2, -0.15) is 0 Å². The predicted molar refractivity (Wildman–Crippen MR) is 78.6 cm³/mol. The van der Waals surface area contributed by atoms with E-state index >= 15 is 0 Å². The van der Waals surface area contributed by atoms with Gasteiger partial charge in [0.25, 0.3) is 0 Å². The quantitative estimate of drug-likeness (QED) is 0.924. The van der Waals surface area contributed by atoms with E-state index in [1.165, 1.54) is 0 Å². The van der Waals surface area contributed by atoms with E-state index in [0.29, 0.717) is 5.75 Å². The number of ether oxygens (including phenoxy) is 4. The first kappa shape index (κ1) is 13.3. The van der Waals surface area contributed by atoms with Crippen LogP contribution in [0, 0.1) is 0 Å². The number of phenols is 1. The third-order valence-electron chi connectivity index (χ3n) is 4.23. The van der Waals surface area contributed by atoms with Gasteiger partial charge in [-0.25, -0.2) is 0 Å². The van der Waals surface area contributed by atoms with Gasteiger partial charge in [0.15, 0.2) is 0 Å². The fourth-order valence-electron chi connectivity index (χ4n) is 3.19. The van der Waals surface area contributed by atoms with Crippen molar-refractivity contribution in [2.24, 2.45) is 0 Å². The molecule has 3 atom stereocenters. The first-order chi connectivity index (χ1) is 10.7. The van der Waals surface area contributed by atoms with Gasteiger partial charge < -0.3 is 24.1 Å². The molecule has 1 N–H and O–H groups in total.